The number of halogens is 1. The first kappa shape index (κ1) is 7.51. The molecule has 52 valence electrons. The molecule has 0 radical (unpaired) electrons. The standard InChI is InChI=1S/C7H5ClOS/c8-7(9)2-1-6-3-4-10-5-6/h1-5H/b2-1+. The fraction of sp³-hybridized carbons (Fsp3) is 0. The molecule has 0 saturated carbocycles. The molecule has 0 amide bonds. The van der Waals surface area contributed by atoms with Crippen molar-refractivity contribution in [2.45, 2.75) is 0 Å². The van der Waals surface area contributed by atoms with Gasteiger partial charge in [-0.3, -0.25) is 4.79 Å². The van der Waals surface area contributed by atoms with Crippen molar-refractivity contribution in [3.63, 3.8) is 0 Å². The van der Waals surface area contributed by atoms with E-state index in [-0.39, 0.29) is 0 Å². The molecule has 0 bridgehead atoms. The largest absolute Gasteiger partial charge is 0.276 e. The molecule has 1 heterocycles. The lowest BCUT2D eigenvalue weighted by atomic mass is 10.3. The molecule has 0 N–H and O–H groups in total. The highest BCUT2D eigenvalue weighted by molar-refractivity contribution is 7.08. The smallest absolute Gasteiger partial charge is 0.245 e. The summed E-state index contributed by atoms with van der Waals surface area (Å²) in [5.74, 6) is 0. The van der Waals surface area contributed by atoms with Gasteiger partial charge in [0.15, 0.2) is 0 Å². The summed E-state index contributed by atoms with van der Waals surface area (Å²) in [6.45, 7) is 0. The molecule has 0 saturated heterocycles. The highest BCUT2D eigenvalue weighted by Crippen LogP contribution is 2.07. The van der Waals surface area contributed by atoms with Gasteiger partial charge in [-0.2, -0.15) is 11.3 Å². The second-order valence-electron chi connectivity index (χ2n) is 1.69. The summed E-state index contributed by atoms with van der Waals surface area (Å²) >= 11 is 6.66. The van der Waals surface area contributed by atoms with Crippen molar-refractivity contribution >= 4 is 34.3 Å². The van der Waals surface area contributed by atoms with E-state index in [1.54, 1.807) is 17.4 Å². The molecule has 0 atom stereocenters. The Morgan fingerprint density at radius 2 is 2.50 bits per heavy atom. The first-order chi connectivity index (χ1) is 4.79. The summed E-state index contributed by atoms with van der Waals surface area (Å²) < 4.78 is 0. The molecule has 1 nitrogen and oxygen atoms in total. The van der Waals surface area contributed by atoms with Crippen molar-refractivity contribution in [3.05, 3.63) is 28.5 Å². The predicted octanol–water partition coefficient (Wildman–Crippen LogP) is 2.53. The van der Waals surface area contributed by atoms with E-state index in [1.807, 2.05) is 16.8 Å². The maximum Gasteiger partial charge on any atom is 0.245 e. The fourth-order valence-electron chi connectivity index (χ4n) is 0.532. The average molecular weight is 173 g/mol. The van der Waals surface area contributed by atoms with E-state index in [4.69, 9.17) is 11.6 Å². The zero-order valence-corrected chi connectivity index (χ0v) is 6.65. The van der Waals surface area contributed by atoms with Crippen LogP contribution in [-0.4, -0.2) is 5.24 Å². The maximum absolute atomic E-state index is 10.2. The Morgan fingerprint density at radius 1 is 1.70 bits per heavy atom. The summed E-state index contributed by atoms with van der Waals surface area (Å²) in [7, 11) is 0. The number of rotatable bonds is 2. The van der Waals surface area contributed by atoms with Crippen molar-refractivity contribution in [1.29, 1.82) is 0 Å². The third kappa shape index (κ3) is 2.33. The Bertz CT molecular complexity index is 238. The molecular formula is C7H5ClOS. The molecule has 10 heavy (non-hydrogen) atoms. The van der Waals surface area contributed by atoms with Crippen LogP contribution in [0.4, 0.5) is 0 Å². The minimum atomic E-state index is -0.439. The van der Waals surface area contributed by atoms with Crippen molar-refractivity contribution < 1.29 is 4.79 Å². The van der Waals surface area contributed by atoms with Crippen molar-refractivity contribution in [1.82, 2.24) is 0 Å². The molecule has 3 heteroatoms. The Labute approximate surface area is 67.9 Å². The molecule has 0 aliphatic heterocycles. The molecule has 0 aliphatic carbocycles. The number of allylic oxidation sites excluding steroid dienone is 1. The second kappa shape index (κ2) is 3.54. The van der Waals surface area contributed by atoms with Gasteiger partial charge in [-0.25, -0.2) is 0 Å². The van der Waals surface area contributed by atoms with Gasteiger partial charge in [0.05, 0.1) is 0 Å². The lowest BCUT2D eigenvalue weighted by molar-refractivity contribution is -0.107. The van der Waals surface area contributed by atoms with Crippen molar-refractivity contribution in [2.75, 3.05) is 0 Å². The Morgan fingerprint density at radius 3 is 3.00 bits per heavy atom. The van der Waals surface area contributed by atoms with Crippen LogP contribution in [0, 0.1) is 0 Å². The Hall–Kier alpha value is -0.600. The molecule has 0 aliphatic rings. The molecule has 0 unspecified atom stereocenters. The number of carbonyl (C=O) groups excluding carboxylic acids is 1. The Kier molecular flexibility index (Phi) is 2.66. The van der Waals surface area contributed by atoms with Gasteiger partial charge < -0.3 is 0 Å². The van der Waals surface area contributed by atoms with Gasteiger partial charge in [-0.15, -0.1) is 0 Å². The van der Waals surface area contributed by atoms with Gasteiger partial charge in [0.25, 0.3) is 0 Å². The van der Waals surface area contributed by atoms with E-state index in [2.05, 4.69) is 0 Å². The third-order valence-electron chi connectivity index (χ3n) is 0.950. The summed E-state index contributed by atoms with van der Waals surface area (Å²) in [6.07, 6.45) is 3.02. The molecule has 1 aromatic heterocycles. The van der Waals surface area contributed by atoms with Gasteiger partial charge in [-0.05, 0) is 46.1 Å². The first-order valence-electron chi connectivity index (χ1n) is 2.69. The van der Waals surface area contributed by atoms with Crippen LogP contribution in [-0.2, 0) is 4.79 Å². The van der Waals surface area contributed by atoms with Gasteiger partial charge >= 0.3 is 0 Å². The van der Waals surface area contributed by atoms with Crippen molar-refractivity contribution in [2.24, 2.45) is 0 Å². The van der Waals surface area contributed by atoms with Crippen LogP contribution in [0.3, 0.4) is 0 Å². The lowest BCUT2D eigenvalue weighted by Crippen LogP contribution is -1.72. The maximum atomic E-state index is 10.2. The van der Waals surface area contributed by atoms with Crippen LogP contribution in [0.5, 0.6) is 0 Å². The van der Waals surface area contributed by atoms with E-state index >= 15 is 0 Å². The summed E-state index contributed by atoms with van der Waals surface area (Å²) in [6, 6.07) is 1.92. The molecule has 1 aromatic rings. The zero-order valence-electron chi connectivity index (χ0n) is 5.08. The van der Waals surface area contributed by atoms with E-state index in [1.165, 1.54) is 6.08 Å². The number of thiophene rings is 1. The zero-order chi connectivity index (χ0) is 7.40. The highest BCUT2D eigenvalue weighted by atomic mass is 35.5. The van der Waals surface area contributed by atoms with Crippen molar-refractivity contribution in [3.8, 4) is 0 Å². The highest BCUT2D eigenvalue weighted by Gasteiger charge is 1.87. The van der Waals surface area contributed by atoms with Crippen LogP contribution in [0.2, 0.25) is 0 Å². The lowest BCUT2D eigenvalue weighted by Gasteiger charge is -1.78. The minimum absolute atomic E-state index is 0.439. The minimum Gasteiger partial charge on any atom is -0.276 e. The summed E-state index contributed by atoms with van der Waals surface area (Å²) in [5.41, 5.74) is 1.01. The van der Waals surface area contributed by atoms with Crippen LogP contribution < -0.4 is 0 Å². The average Bonchev–Trinajstić information content (AvgIpc) is 2.34. The number of hydrogen-bond donors (Lipinski definition) is 0. The fourth-order valence-corrected chi connectivity index (χ4v) is 1.22. The van der Waals surface area contributed by atoms with Gasteiger partial charge in [0.2, 0.25) is 5.24 Å². The van der Waals surface area contributed by atoms with Crippen LogP contribution >= 0.6 is 22.9 Å². The summed E-state index contributed by atoms with van der Waals surface area (Å²) in [5, 5.41) is 3.44. The third-order valence-corrected chi connectivity index (χ3v) is 1.78. The SMILES string of the molecule is O=C(Cl)/C=C/c1ccsc1. The number of carbonyl (C=O) groups is 1. The summed E-state index contributed by atoms with van der Waals surface area (Å²) in [4.78, 5) is 10.2. The molecule has 1 rings (SSSR count). The van der Waals surface area contributed by atoms with E-state index in [0.717, 1.165) is 5.56 Å². The molecule has 0 aromatic carbocycles. The molecular weight excluding hydrogens is 168 g/mol. The quantitative estimate of drug-likeness (QED) is 0.495. The monoisotopic (exact) mass is 172 g/mol. The topological polar surface area (TPSA) is 17.1 Å². The Balaban J connectivity index is 2.64. The normalized spacial score (nSPS) is 10.5. The van der Waals surface area contributed by atoms with Gasteiger partial charge in [-0.1, -0.05) is 0 Å². The van der Waals surface area contributed by atoms with Crippen LogP contribution in [0.1, 0.15) is 5.56 Å². The number of hydrogen-bond acceptors (Lipinski definition) is 2. The van der Waals surface area contributed by atoms with E-state index in [9.17, 15) is 4.79 Å². The second-order valence-corrected chi connectivity index (χ2v) is 2.85. The molecule has 0 spiro atoms. The van der Waals surface area contributed by atoms with Crippen LogP contribution in [0.15, 0.2) is 22.9 Å². The van der Waals surface area contributed by atoms with Gasteiger partial charge in [0.1, 0.15) is 0 Å². The van der Waals surface area contributed by atoms with E-state index < -0.39 is 5.24 Å². The molecule has 0 fully saturated rings. The van der Waals surface area contributed by atoms with E-state index in [0.29, 0.717) is 0 Å². The predicted molar refractivity (Wildman–Crippen MR) is 44.2 cm³/mol. The van der Waals surface area contributed by atoms with Gasteiger partial charge in [0, 0.05) is 0 Å². The first-order valence-corrected chi connectivity index (χ1v) is 4.01. The van der Waals surface area contributed by atoms with Crippen LogP contribution in [0.25, 0.3) is 6.08 Å².